The molecule has 0 bridgehead atoms. The van der Waals surface area contributed by atoms with Crippen molar-refractivity contribution in [3.63, 3.8) is 0 Å². The highest BCUT2D eigenvalue weighted by molar-refractivity contribution is 9.10. The first-order valence-electron chi connectivity index (χ1n) is 5.75. The molecule has 0 saturated heterocycles. The topological polar surface area (TPSA) is 42.0 Å². The average Bonchev–Trinajstić information content (AvgIpc) is 2.42. The molecule has 1 atom stereocenters. The van der Waals surface area contributed by atoms with Gasteiger partial charge in [-0.05, 0) is 53.2 Å². The van der Waals surface area contributed by atoms with Gasteiger partial charge in [0.25, 0.3) is 5.91 Å². The lowest BCUT2D eigenvalue weighted by Crippen LogP contribution is -2.27. The molecule has 1 N–H and O–H groups in total. The van der Waals surface area contributed by atoms with Crippen molar-refractivity contribution >= 4 is 21.8 Å². The number of hydrogen-bond acceptors (Lipinski definition) is 2. The number of carbonyl (C=O) groups is 1. The summed E-state index contributed by atoms with van der Waals surface area (Å²) in [7, 11) is 0. The molecule has 2 aromatic rings. The van der Waals surface area contributed by atoms with Crippen LogP contribution in [0.2, 0.25) is 0 Å². The van der Waals surface area contributed by atoms with Gasteiger partial charge < -0.3 is 5.32 Å². The predicted octanol–water partition coefficient (Wildman–Crippen LogP) is 3.47. The van der Waals surface area contributed by atoms with E-state index in [-0.39, 0.29) is 17.5 Å². The summed E-state index contributed by atoms with van der Waals surface area (Å²) in [6.07, 6.45) is 1.66. The Morgan fingerprint density at radius 1 is 1.37 bits per heavy atom. The fourth-order valence-electron chi connectivity index (χ4n) is 1.62. The summed E-state index contributed by atoms with van der Waals surface area (Å²) in [5, 5.41) is 2.78. The Morgan fingerprint density at radius 3 is 2.79 bits per heavy atom. The maximum absolute atomic E-state index is 13.4. The number of nitrogens with one attached hydrogen (secondary N) is 1. The van der Waals surface area contributed by atoms with E-state index in [9.17, 15) is 9.18 Å². The van der Waals surface area contributed by atoms with Crippen LogP contribution in [0.3, 0.4) is 0 Å². The van der Waals surface area contributed by atoms with Crippen LogP contribution in [-0.4, -0.2) is 10.9 Å². The highest BCUT2D eigenvalue weighted by atomic mass is 79.9. The van der Waals surface area contributed by atoms with Gasteiger partial charge in [0.1, 0.15) is 5.82 Å². The third kappa shape index (κ3) is 3.38. The molecule has 19 heavy (non-hydrogen) atoms. The lowest BCUT2D eigenvalue weighted by Gasteiger charge is -2.13. The van der Waals surface area contributed by atoms with Crippen LogP contribution >= 0.6 is 15.9 Å². The second-order valence-corrected chi connectivity index (χ2v) is 4.93. The lowest BCUT2D eigenvalue weighted by molar-refractivity contribution is 0.0938. The van der Waals surface area contributed by atoms with Crippen molar-refractivity contribution in [2.75, 3.05) is 0 Å². The molecule has 5 heteroatoms. The smallest absolute Gasteiger partial charge is 0.251 e. The summed E-state index contributed by atoms with van der Waals surface area (Å²) in [5.41, 5.74) is 1.04. The minimum atomic E-state index is -0.460. The van der Waals surface area contributed by atoms with Crippen LogP contribution in [0.25, 0.3) is 0 Å². The number of benzene rings is 1. The molecule has 0 aliphatic carbocycles. The normalized spacial score (nSPS) is 11.9. The van der Waals surface area contributed by atoms with Crippen LogP contribution in [0, 0.1) is 5.82 Å². The fourth-order valence-corrected chi connectivity index (χ4v) is 1.87. The van der Waals surface area contributed by atoms with E-state index in [1.807, 2.05) is 25.1 Å². The van der Waals surface area contributed by atoms with Gasteiger partial charge >= 0.3 is 0 Å². The van der Waals surface area contributed by atoms with Gasteiger partial charge in [0.05, 0.1) is 16.2 Å². The SMILES string of the molecule is CC(NC(=O)c1ccc(Br)c(F)c1)c1ccccn1. The molecule has 2 rings (SSSR count). The van der Waals surface area contributed by atoms with E-state index in [4.69, 9.17) is 0 Å². The summed E-state index contributed by atoms with van der Waals surface area (Å²) in [4.78, 5) is 16.1. The van der Waals surface area contributed by atoms with Crippen LogP contribution in [0.5, 0.6) is 0 Å². The molecule has 0 saturated carbocycles. The first kappa shape index (κ1) is 13.7. The molecule has 0 radical (unpaired) electrons. The lowest BCUT2D eigenvalue weighted by atomic mass is 10.1. The number of rotatable bonds is 3. The van der Waals surface area contributed by atoms with Gasteiger partial charge in [0, 0.05) is 11.8 Å². The summed E-state index contributed by atoms with van der Waals surface area (Å²) in [6.45, 7) is 1.83. The second-order valence-electron chi connectivity index (χ2n) is 4.08. The quantitative estimate of drug-likeness (QED) is 0.940. The zero-order valence-corrected chi connectivity index (χ0v) is 11.8. The molecule has 1 heterocycles. The predicted molar refractivity (Wildman–Crippen MR) is 74.2 cm³/mol. The third-order valence-electron chi connectivity index (χ3n) is 2.66. The molecule has 1 aromatic carbocycles. The van der Waals surface area contributed by atoms with E-state index in [1.165, 1.54) is 12.1 Å². The van der Waals surface area contributed by atoms with Crippen LogP contribution in [0.4, 0.5) is 4.39 Å². The van der Waals surface area contributed by atoms with Crippen molar-refractivity contribution in [1.29, 1.82) is 0 Å². The van der Waals surface area contributed by atoms with Crippen LogP contribution in [0.1, 0.15) is 29.0 Å². The Labute approximate surface area is 119 Å². The van der Waals surface area contributed by atoms with Gasteiger partial charge in [-0.1, -0.05) is 6.07 Å². The van der Waals surface area contributed by atoms with E-state index >= 15 is 0 Å². The highest BCUT2D eigenvalue weighted by Crippen LogP contribution is 2.17. The maximum atomic E-state index is 13.4. The molecular formula is C14H12BrFN2O. The van der Waals surface area contributed by atoms with Crippen LogP contribution in [0.15, 0.2) is 47.1 Å². The standard InChI is InChI=1S/C14H12BrFN2O/c1-9(13-4-2-3-7-17-13)18-14(19)10-5-6-11(15)12(16)8-10/h2-9H,1H3,(H,18,19). The highest BCUT2D eigenvalue weighted by Gasteiger charge is 2.13. The van der Waals surface area contributed by atoms with Gasteiger partial charge in [-0.25, -0.2) is 4.39 Å². The van der Waals surface area contributed by atoms with E-state index in [0.717, 1.165) is 5.69 Å². The Morgan fingerprint density at radius 2 is 2.16 bits per heavy atom. The Kier molecular flexibility index (Phi) is 4.27. The van der Waals surface area contributed by atoms with Gasteiger partial charge in [-0.2, -0.15) is 0 Å². The number of amides is 1. The number of carbonyl (C=O) groups excluding carboxylic acids is 1. The number of pyridine rings is 1. The fraction of sp³-hybridized carbons (Fsp3) is 0.143. The first-order valence-corrected chi connectivity index (χ1v) is 6.54. The molecule has 3 nitrogen and oxygen atoms in total. The average molecular weight is 323 g/mol. The van der Waals surface area contributed by atoms with Crippen LogP contribution < -0.4 is 5.32 Å². The molecular weight excluding hydrogens is 311 g/mol. The van der Waals surface area contributed by atoms with Crippen LogP contribution in [-0.2, 0) is 0 Å². The van der Waals surface area contributed by atoms with Crippen molar-refractivity contribution in [3.8, 4) is 0 Å². The maximum Gasteiger partial charge on any atom is 0.251 e. The number of halogens is 2. The summed E-state index contributed by atoms with van der Waals surface area (Å²) in [6, 6.07) is 9.52. The Bertz CT molecular complexity index is 589. The van der Waals surface area contributed by atoms with Gasteiger partial charge in [0.15, 0.2) is 0 Å². The van der Waals surface area contributed by atoms with E-state index in [2.05, 4.69) is 26.2 Å². The Hall–Kier alpha value is -1.75. The molecule has 0 aliphatic rings. The number of hydrogen-bond donors (Lipinski definition) is 1. The first-order chi connectivity index (χ1) is 9.08. The zero-order chi connectivity index (χ0) is 13.8. The van der Waals surface area contributed by atoms with Crippen molar-refractivity contribution < 1.29 is 9.18 Å². The third-order valence-corrected chi connectivity index (χ3v) is 3.30. The van der Waals surface area contributed by atoms with Gasteiger partial charge in [-0.15, -0.1) is 0 Å². The number of aromatic nitrogens is 1. The molecule has 1 aromatic heterocycles. The summed E-state index contributed by atoms with van der Waals surface area (Å²) < 4.78 is 13.7. The summed E-state index contributed by atoms with van der Waals surface area (Å²) in [5.74, 6) is -0.789. The number of nitrogens with zero attached hydrogens (tertiary/aromatic N) is 1. The van der Waals surface area contributed by atoms with E-state index in [0.29, 0.717) is 4.47 Å². The zero-order valence-electron chi connectivity index (χ0n) is 10.2. The largest absolute Gasteiger partial charge is 0.344 e. The molecule has 1 amide bonds. The summed E-state index contributed by atoms with van der Waals surface area (Å²) >= 11 is 3.05. The second kappa shape index (κ2) is 5.93. The Balaban J connectivity index is 2.11. The molecule has 0 fully saturated rings. The minimum Gasteiger partial charge on any atom is -0.344 e. The van der Waals surface area contributed by atoms with Gasteiger partial charge in [0.2, 0.25) is 0 Å². The van der Waals surface area contributed by atoms with Gasteiger partial charge in [-0.3, -0.25) is 9.78 Å². The van der Waals surface area contributed by atoms with Crippen molar-refractivity contribution in [2.24, 2.45) is 0 Å². The van der Waals surface area contributed by atoms with E-state index < -0.39 is 5.82 Å². The molecule has 0 aliphatic heterocycles. The van der Waals surface area contributed by atoms with Crippen molar-refractivity contribution in [2.45, 2.75) is 13.0 Å². The van der Waals surface area contributed by atoms with Crippen molar-refractivity contribution in [3.05, 3.63) is 64.1 Å². The van der Waals surface area contributed by atoms with Crippen molar-refractivity contribution in [1.82, 2.24) is 10.3 Å². The monoisotopic (exact) mass is 322 g/mol. The van der Waals surface area contributed by atoms with E-state index in [1.54, 1.807) is 12.3 Å². The molecule has 98 valence electrons. The molecule has 0 spiro atoms. The minimum absolute atomic E-state index is 0.236. The molecule has 1 unspecified atom stereocenters.